The summed E-state index contributed by atoms with van der Waals surface area (Å²) in [6.07, 6.45) is 16.8. The molecule has 0 N–H and O–H groups in total. The van der Waals surface area contributed by atoms with Gasteiger partial charge in [0, 0.05) is 0 Å². The molecular weight excluding hydrogens is 224 g/mol. The lowest BCUT2D eigenvalue weighted by molar-refractivity contribution is -0.0128. The van der Waals surface area contributed by atoms with Crippen LogP contribution >= 0.6 is 0 Å². The number of hydrogen-bond acceptors (Lipinski definition) is 2. The van der Waals surface area contributed by atoms with Crippen molar-refractivity contribution in [3.8, 4) is 0 Å². The molecule has 2 nitrogen and oxygen atoms in total. The highest BCUT2D eigenvalue weighted by molar-refractivity contribution is 4.71. The minimum absolute atomic E-state index is 0.400. The first-order valence-electron chi connectivity index (χ1n) is 7.76. The Morgan fingerprint density at radius 1 is 0.778 bits per heavy atom. The molecule has 0 fully saturated rings. The van der Waals surface area contributed by atoms with E-state index >= 15 is 0 Å². The van der Waals surface area contributed by atoms with E-state index in [0.717, 1.165) is 19.4 Å². The third-order valence-electron chi connectivity index (χ3n) is 2.94. The van der Waals surface area contributed by atoms with Crippen LogP contribution in [0.1, 0.15) is 78.1 Å². The molecule has 0 aromatic carbocycles. The standard InChI is InChI=1S/C16H32O2/c1-3-5-7-8-9-10-11-13-15-18-16-17-14-12-6-4-2/h12,14H,3-11,13,15-16H2,1-2H3. The van der Waals surface area contributed by atoms with Crippen LogP contribution in [-0.2, 0) is 9.47 Å². The topological polar surface area (TPSA) is 18.5 Å². The molecule has 0 radical (unpaired) electrons. The van der Waals surface area contributed by atoms with E-state index in [0.29, 0.717) is 6.79 Å². The van der Waals surface area contributed by atoms with Crippen molar-refractivity contribution in [1.29, 1.82) is 0 Å². The summed E-state index contributed by atoms with van der Waals surface area (Å²) in [6, 6.07) is 0. The summed E-state index contributed by atoms with van der Waals surface area (Å²) >= 11 is 0. The molecule has 0 aromatic rings. The van der Waals surface area contributed by atoms with Crippen LogP contribution in [0.5, 0.6) is 0 Å². The zero-order valence-electron chi connectivity index (χ0n) is 12.5. The van der Waals surface area contributed by atoms with Crippen molar-refractivity contribution in [2.75, 3.05) is 13.4 Å². The van der Waals surface area contributed by atoms with Crippen molar-refractivity contribution in [3.63, 3.8) is 0 Å². The Hall–Kier alpha value is -0.500. The lowest BCUT2D eigenvalue weighted by Gasteiger charge is -2.04. The van der Waals surface area contributed by atoms with E-state index in [1.54, 1.807) is 6.26 Å². The normalized spacial score (nSPS) is 11.2. The SMILES string of the molecule is CCCC=COCOCCCCCCCCCC. The first-order valence-corrected chi connectivity index (χ1v) is 7.76. The molecule has 0 spiro atoms. The van der Waals surface area contributed by atoms with E-state index in [4.69, 9.17) is 9.47 Å². The molecule has 0 aromatic heterocycles. The van der Waals surface area contributed by atoms with Crippen LogP contribution in [0.4, 0.5) is 0 Å². The van der Waals surface area contributed by atoms with Crippen molar-refractivity contribution in [2.45, 2.75) is 78.1 Å². The Morgan fingerprint density at radius 3 is 2.11 bits per heavy atom. The smallest absolute Gasteiger partial charge is 0.188 e. The minimum Gasteiger partial charge on any atom is -0.475 e. The molecule has 18 heavy (non-hydrogen) atoms. The van der Waals surface area contributed by atoms with E-state index in [-0.39, 0.29) is 0 Å². The van der Waals surface area contributed by atoms with Gasteiger partial charge in [-0.1, -0.05) is 65.2 Å². The van der Waals surface area contributed by atoms with Gasteiger partial charge in [0.2, 0.25) is 0 Å². The molecule has 108 valence electrons. The largest absolute Gasteiger partial charge is 0.475 e. The summed E-state index contributed by atoms with van der Waals surface area (Å²) in [5, 5.41) is 0. The van der Waals surface area contributed by atoms with Gasteiger partial charge in [0.1, 0.15) is 0 Å². The highest BCUT2D eigenvalue weighted by atomic mass is 16.7. The van der Waals surface area contributed by atoms with Crippen molar-refractivity contribution in [2.24, 2.45) is 0 Å². The van der Waals surface area contributed by atoms with Crippen LogP contribution in [0.2, 0.25) is 0 Å². The zero-order valence-corrected chi connectivity index (χ0v) is 12.5. The number of allylic oxidation sites excluding steroid dienone is 1. The van der Waals surface area contributed by atoms with Crippen molar-refractivity contribution in [3.05, 3.63) is 12.3 Å². The second kappa shape index (κ2) is 16.5. The minimum atomic E-state index is 0.400. The average Bonchev–Trinajstić information content (AvgIpc) is 2.39. The monoisotopic (exact) mass is 256 g/mol. The van der Waals surface area contributed by atoms with Crippen LogP contribution in [0.3, 0.4) is 0 Å². The third kappa shape index (κ3) is 15.5. The summed E-state index contributed by atoms with van der Waals surface area (Å²) in [7, 11) is 0. The molecule has 0 saturated heterocycles. The fourth-order valence-corrected chi connectivity index (χ4v) is 1.79. The molecule has 0 aliphatic heterocycles. The molecule has 0 bridgehead atoms. The highest BCUT2D eigenvalue weighted by Crippen LogP contribution is 2.08. The molecule has 0 unspecified atom stereocenters. The lowest BCUT2D eigenvalue weighted by atomic mass is 10.1. The van der Waals surface area contributed by atoms with E-state index in [1.807, 2.05) is 6.08 Å². The van der Waals surface area contributed by atoms with Gasteiger partial charge in [0.25, 0.3) is 0 Å². The predicted octanol–water partition coefficient (Wildman–Crippen LogP) is 5.43. The maximum atomic E-state index is 5.39. The van der Waals surface area contributed by atoms with Crippen molar-refractivity contribution < 1.29 is 9.47 Å². The molecule has 0 saturated carbocycles. The second-order valence-electron chi connectivity index (χ2n) is 4.83. The van der Waals surface area contributed by atoms with Crippen LogP contribution < -0.4 is 0 Å². The van der Waals surface area contributed by atoms with Gasteiger partial charge in [0.15, 0.2) is 6.79 Å². The number of unbranched alkanes of at least 4 members (excludes halogenated alkanes) is 8. The summed E-state index contributed by atoms with van der Waals surface area (Å²) < 4.78 is 10.6. The number of hydrogen-bond donors (Lipinski definition) is 0. The molecule has 0 rings (SSSR count). The fraction of sp³-hybridized carbons (Fsp3) is 0.875. The molecule has 0 aliphatic carbocycles. The van der Waals surface area contributed by atoms with Gasteiger partial charge in [-0.2, -0.15) is 0 Å². The van der Waals surface area contributed by atoms with Crippen molar-refractivity contribution >= 4 is 0 Å². The van der Waals surface area contributed by atoms with Gasteiger partial charge in [-0.15, -0.1) is 0 Å². The number of ether oxygens (including phenoxy) is 2. The van der Waals surface area contributed by atoms with Gasteiger partial charge in [-0.3, -0.25) is 0 Å². The fourth-order valence-electron chi connectivity index (χ4n) is 1.79. The average molecular weight is 256 g/mol. The molecule has 0 atom stereocenters. The van der Waals surface area contributed by atoms with Crippen LogP contribution in [-0.4, -0.2) is 13.4 Å². The Kier molecular flexibility index (Phi) is 16.0. The summed E-state index contributed by atoms with van der Waals surface area (Å²) in [5.41, 5.74) is 0. The van der Waals surface area contributed by atoms with Crippen LogP contribution in [0, 0.1) is 0 Å². The van der Waals surface area contributed by atoms with Gasteiger partial charge in [0.05, 0.1) is 12.9 Å². The van der Waals surface area contributed by atoms with Crippen LogP contribution in [0.25, 0.3) is 0 Å². The molecule has 0 amide bonds. The maximum absolute atomic E-state index is 5.39. The first kappa shape index (κ1) is 17.5. The Balaban J connectivity index is 2.94. The molecular formula is C16H32O2. The van der Waals surface area contributed by atoms with Gasteiger partial charge >= 0.3 is 0 Å². The first-order chi connectivity index (χ1) is 8.91. The van der Waals surface area contributed by atoms with Gasteiger partial charge < -0.3 is 9.47 Å². The summed E-state index contributed by atoms with van der Waals surface area (Å²) in [6.45, 7) is 5.65. The van der Waals surface area contributed by atoms with Gasteiger partial charge in [-0.25, -0.2) is 0 Å². The quantitative estimate of drug-likeness (QED) is 0.234. The Labute approximate surface area is 114 Å². The summed E-state index contributed by atoms with van der Waals surface area (Å²) in [5.74, 6) is 0. The molecule has 0 heterocycles. The predicted molar refractivity (Wildman–Crippen MR) is 78.6 cm³/mol. The van der Waals surface area contributed by atoms with E-state index < -0.39 is 0 Å². The Bertz CT molecular complexity index is 166. The second-order valence-corrected chi connectivity index (χ2v) is 4.83. The Morgan fingerprint density at radius 2 is 1.44 bits per heavy atom. The van der Waals surface area contributed by atoms with Crippen LogP contribution in [0.15, 0.2) is 12.3 Å². The molecule has 0 aliphatic rings. The number of rotatable bonds is 14. The summed E-state index contributed by atoms with van der Waals surface area (Å²) in [4.78, 5) is 0. The van der Waals surface area contributed by atoms with E-state index in [2.05, 4.69) is 13.8 Å². The zero-order chi connectivity index (χ0) is 13.3. The third-order valence-corrected chi connectivity index (χ3v) is 2.94. The van der Waals surface area contributed by atoms with E-state index in [9.17, 15) is 0 Å². The van der Waals surface area contributed by atoms with Crippen molar-refractivity contribution in [1.82, 2.24) is 0 Å². The lowest BCUT2D eigenvalue weighted by Crippen LogP contribution is -1.98. The highest BCUT2D eigenvalue weighted by Gasteiger charge is 1.92. The van der Waals surface area contributed by atoms with Gasteiger partial charge in [-0.05, 0) is 18.9 Å². The maximum Gasteiger partial charge on any atom is 0.188 e. The van der Waals surface area contributed by atoms with E-state index in [1.165, 1.54) is 51.4 Å². The molecule has 2 heteroatoms.